The van der Waals surface area contributed by atoms with Crippen LogP contribution in [-0.2, 0) is 22.6 Å². The maximum absolute atomic E-state index is 13.1. The molecular formula is C26H26ClN3O4. The Bertz CT molecular complexity index is 1240. The molecule has 0 aliphatic carbocycles. The van der Waals surface area contributed by atoms with Gasteiger partial charge in [0.2, 0.25) is 5.91 Å². The third kappa shape index (κ3) is 6.07. The summed E-state index contributed by atoms with van der Waals surface area (Å²) >= 11 is 6.19. The van der Waals surface area contributed by atoms with Crippen molar-refractivity contribution in [3.63, 3.8) is 0 Å². The quantitative estimate of drug-likeness (QED) is 0.276. The Morgan fingerprint density at radius 3 is 2.71 bits per heavy atom. The molecule has 2 aromatic carbocycles. The summed E-state index contributed by atoms with van der Waals surface area (Å²) in [5.74, 6) is 0.0919. The highest BCUT2D eigenvalue weighted by Crippen LogP contribution is 2.20. The van der Waals surface area contributed by atoms with E-state index in [0.717, 1.165) is 22.2 Å². The van der Waals surface area contributed by atoms with E-state index in [4.69, 9.17) is 20.8 Å². The van der Waals surface area contributed by atoms with Gasteiger partial charge in [0.05, 0.1) is 16.8 Å². The van der Waals surface area contributed by atoms with Gasteiger partial charge in [0.1, 0.15) is 18.4 Å². The molecule has 0 saturated carbocycles. The number of carbonyl (C=O) groups excluding carboxylic acids is 2. The summed E-state index contributed by atoms with van der Waals surface area (Å²) < 4.78 is 10.8. The van der Waals surface area contributed by atoms with Gasteiger partial charge >= 0.3 is 0 Å². The Morgan fingerprint density at radius 2 is 1.88 bits per heavy atom. The first kappa shape index (κ1) is 23.6. The Morgan fingerprint density at radius 1 is 1.06 bits per heavy atom. The number of ether oxygens (including phenoxy) is 1. The molecule has 0 radical (unpaired) electrons. The molecule has 0 aliphatic heterocycles. The Labute approximate surface area is 202 Å². The normalized spacial score (nSPS) is 11.9. The van der Waals surface area contributed by atoms with Gasteiger partial charge in [-0.15, -0.1) is 0 Å². The van der Waals surface area contributed by atoms with Crippen molar-refractivity contribution >= 4 is 34.3 Å². The molecule has 0 saturated heterocycles. The van der Waals surface area contributed by atoms with Crippen molar-refractivity contribution in [1.29, 1.82) is 0 Å². The molecule has 4 rings (SSSR count). The second-order valence-electron chi connectivity index (χ2n) is 7.85. The van der Waals surface area contributed by atoms with Crippen LogP contribution in [-0.4, -0.2) is 36.0 Å². The zero-order valence-corrected chi connectivity index (χ0v) is 19.3. The lowest BCUT2D eigenvalue weighted by atomic mass is 10.0. The van der Waals surface area contributed by atoms with Gasteiger partial charge in [-0.25, -0.2) is 0 Å². The summed E-state index contributed by atoms with van der Waals surface area (Å²) in [4.78, 5) is 29.2. The number of para-hydroxylation sites is 1. The van der Waals surface area contributed by atoms with E-state index in [1.807, 2.05) is 42.6 Å². The largest absolute Gasteiger partial charge is 0.467 e. The second kappa shape index (κ2) is 11.5. The maximum Gasteiger partial charge on any atom is 0.253 e. The van der Waals surface area contributed by atoms with E-state index in [1.165, 1.54) is 0 Å². The molecule has 3 N–H and O–H groups in total. The van der Waals surface area contributed by atoms with Crippen LogP contribution in [0, 0.1) is 0 Å². The zero-order valence-electron chi connectivity index (χ0n) is 18.6. The van der Waals surface area contributed by atoms with Crippen molar-refractivity contribution in [2.24, 2.45) is 0 Å². The number of hydrogen-bond donors (Lipinski definition) is 3. The van der Waals surface area contributed by atoms with Gasteiger partial charge in [-0.2, -0.15) is 0 Å². The van der Waals surface area contributed by atoms with Gasteiger partial charge in [0.15, 0.2) is 0 Å². The van der Waals surface area contributed by atoms with Crippen LogP contribution in [0.5, 0.6) is 0 Å². The van der Waals surface area contributed by atoms with Crippen LogP contribution < -0.4 is 10.6 Å². The predicted octanol–water partition coefficient (Wildman–Crippen LogP) is 4.48. The second-order valence-corrected chi connectivity index (χ2v) is 8.25. The van der Waals surface area contributed by atoms with Crippen molar-refractivity contribution in [2.45, 2.75) is 25.5 Å². The number of H-pyrrole nitrogens is 1. The van der Waals surface area contributed by atoms with Gasteiger partial charge < -0.3 is 24.8 Å². The van der Waals surface area contributed by atoms with Gasteiger partial charge in [0.25, 0.3) is 5.91 Å². The number of aromatic amines is 1. The summed E-state index contributed by atoms with van der Waals surface area (Å²) in [6.45, 7) is 1.28. The van der Waals surface area contributed by atoms with Gasteiger partial charge in [0, 0.05) is 36.7 Å². The summed E-state index contributed by atoms with van der Waals surface area (Å²) in [6.07, 6.45) is 4.44. The fraction of sp³-hybridized carbons (Fsp3) is 0.231. The van der Waals surface area contributed by atoms with Crippen molar-refractivity contribution in [1.82, 2.24) is 15.6 Å². The zero-order chi connectivity index (χ0) is 23.8. The number of furan rings is 1. The number of halogens is 1. The number of fused-ring (bicyclic) bond motifs is 1. The first-order valence-corrected chi connectivity index (χ1v) is 11.5. The van der Waals surface area contributed by atoms with Crippen molar-refractivity contribution in [2.75, 3.05) is 13.2 Å². The molecule has 34 heavy (non-hydrogen) atoms. The molecule has 0 spiro atoms. The van der Waals surface area contributed by atoms with Gasteiger partial charge in [-0.1, -0.05) is 41.9 Å². The van der Waals surface area contributed by atoms with Crippen LogP contribution >= 0.6 is 11.6 Å². The van der Waals surface area contributed by atoms with Crippen LogP contribution in [0.15, 0.2) is 77.5 Å². The van der Waals surface area contributed by atoms with Crippen molar-refractivity contribution < 1.29 is 18.7 Å². The van der Waals surface area contributed by atoms with Crippen LogP contribution in [0.1, 0.15) is 28.1 Å². The fourth-order valence-electron chi connectivity index (χ4n) is 3.69. The summed E-state index contributed by atoms with van der Waals surface area (Å²) in [5.41, 5.74) is 2.24. The number of nitrogens with one attached hydrogen (secondary N) is 3. The predicted molar refractivity (Wildman–Crippen MR) is 131 cm³/mol. The molecule has 4 aromatic rings. The van der Waals surface area contributed by atoms with E-state index < -0.39 is 11.9 Å². The highest BCUT2D eigenvalue weighted by Gasteiger charge is 2.23. The molecule has 2 heterocycles. The van der Waals surface area contributed by atoms with Crippen LogP contribution in [0.2, 0.25) is 5.02 Å². The smallest absolute Gasteiger partial charge is 0.253 e. The first-order chi connectivity index (χ1) is 16.6. The number of rotatable bonds is 11. The highest BCUT2D eigenvalue weighted by molar-refractivity contribution is 6.33. The van der Waals surface area contributed by atoms with E-state index in [9.17, 15) is 9.59 Å². The van der Waals surface area contributed by atoms with Crippen LogP contribution in [0.4, 0.5) is 0 Å². The minimum Gasteiger partial charge on any atom is -0.467 e. The molecule has 2 aromatic heterocycles. The van der Waals surface area contributed by atoms with E-state index >= 15 is 0 Å². The van der Waals surface area contributed by atoms with Gasteiger partial charge in [-0.3, -0.25) is 9.59 Å². The molecule has 8 heteroatoms. The molecular weight excluding hydrogens is 454 g/mol. The topological polar surface area (TPSA) is 96.4 Å². The third-order valence-corrected chi connectivity index (χ3v) is 5.76. The first-order valence-electron chi connectivity index (χ1n) is 11.1. The maximum atomic E-state index is 13.1. The van der Waals surface area contributed by atoms with Gasteiger partial charge in [-0.05, 0) is 42.3 Å². The lowest BCUT2D eigenvalue weighted by Gasteiger charge is -2.19. The minimum absolute atomic E-state index is 0.267. The third-order valence-electron chi connectivity index (χ3n) is 5.43. The molecule has 1 atom stereocenters. The van der Waals surface area contributed by atoms with E-state index in [-0.39, 0.29) is 5.91 Å². The Hall–Kier alpha value is -3.55. The Balaban J connectivity index is 1.38. The molecule has 0 aliphatic rings. The van der Waals surface area contributed by atoms with Crippen LogP contribution in [0.25, 0.3) is 10.9 Å². The lowest BCUT2D eigenvalue weighted by molar-refractivity contribution is -0.123. The average molecular weight is 480 g/mol. The lowest BCUT2D eigenvalue weighted by Crippen LogP contribution is -2.48. The molecule has 1 unspecified atom stereocenters. The molecule has 0 bridgehead atoms. The molecule has 2 amide bonds. The number of carbonyl (C=O) groups is 2. The number of hydrogen-bond acceptors (Lipinski definition) is 4. The summed E-state index contributed by atoms with van der Waals surface area (Å²) in [6, 6.07) is 17.5. The van der Waals surface area contributed by atoms with Crippen LogP contribution in [0.3, 0.4) is 0 Å². The Kier molecular flexibility index (Phi) is 8.01. The van der Waals surface area contributed by atoms with E-state index in [2.05, 4.69) is 15.6 Å². The number of benzene rings is 2. The SMILES string of the molecule is O=C(NC(Cc1c[nH]c2ccccc12)C(=O)NCCCOCc1ccco1)c1ccccc1Cl. The molecule has 7 nitrogen and oxygen atoms in total. The number of amides is 2. The molecule has 176 valence electrons. The van der Waals surface area contributed by atoms with Crippen molar-refractivity contribution in [3.05, 3.63) is 95.0 Å². The fourth-order valence-corrected chi connectivity index (χ4v) is 3.91. The van der Waals surface area contributed by atoms with Crippen molar-refractivity contribution in [3.8, 4) is 0 Å². The number of aromatic nitrogens is 1. The monoisotopic (exact) mass is 479 g/mol. The standard InChI is InChI=1S/C26H26ClN3O4/c27-22-10-3-1-9-21(22)25(31)30-24(15-18-16-29-23-11-4-2-8-20(18)23)26(32)28-12-6-13-33-17-19-7-5-14-34-19/h1-5,7-11,14,16,24,29H,6,12-13,15,17H2,(H,28,32)(H,30,31). The highest BCUT2D eigenvalue weighted by atomic mass is 35.5. The average Bonchev–Trinajstić information content (AvgIpc) is 3.51. The minimum atomic E-state index is -0.771. The summed E-state index contributed by atoms with van der Waals surface area (Å²) in [5, 5.41) is 7.11. The van der Waals surface area contributed by atoms with E-state index in [1.54, 1.807) is 30.5 Å². The molecule has 0 fully saturated rings. The van der Waals surface area contributed by atoms with E-state index in [0.29, 0.717) is 43.2 Å². The summed E-state index contributed by atoms with van der Waals surface area (Å²) in [7, 11) is 0.